The standard InChI is InChI=1S/C8H11BrN2O/c1-12-8-5-6(2-3-10)4-7(9)11-8/h4-5H,2-3,10H2,1H3. The van der Waals surface area contributed by atoms with Crippen LogP contribution in [0.25, 0.3) is 0 Å². The molecule has 0 saturated carbocycles. The van der Waals surface area contributed by atoms with E-state index in [1.807, 2.05) is 12.1 Å². The first-order chi connectivity index (χ1) is 5.76. The molecule has 0 bridgehead atoms. The smallest absolute Gasteiger partial charge is 0.214 e. The van der Waals surface area contributed by atoms with E-state index in [1.165, 1.54) is 0 Å². The van der Waals surface area contributed by atoms with Gasteiger partial charge in [-0.3, -0.25) is 0 Å². The molecule has 1 aromatic rings. The number of hydrogen-bond donors (Lipinski definition) is 1. The Morgan fingerprint density at radius 2 is 2.33 bits per heavy atom. The zero-order valence-corrected chi connectivity index (χ0v) is 8.47. The SMILES string of the molecule is COc1cc(CCN)cc(Br)n1. The van der Waals surface area contributed by atoms with Crippen LogP contribution < -0.4 is 10.5 Å². The second-order valence-corrected chi connectivity index (χ2v) is 3.19. The normalized spacial score (nSPS) is 9.92. The fraction of sp³-hybridized carbons (Fsp3) is 0.375. The molecule has 0 saturated heterocycles. The zero-order valence-electron chi connectivity index (χ0n) is 6.88. The third-order valence-corrected chi connectivity index (χ3v) is 1.88. The topological polar surface area (TPSA) is 48.1 Å². The Balaban J connectivity index is 2.90. The van der Waals surface area contributed by atoms with E-state index >= 15 is 0 Å². The predicted molar refractivity (Wildman–Crippen MR) is 51.2 cm³/mol. The summed E-state index contributed by atoms with van der Waals surface area (Å²) in [6.07, 6.45) is 0.845. The van der Waals surface area contributed by atoms with Gasteiger partial charge in [0.2, 0.25) is 5.88 Å². The average Bonchev–Trinajstić information content (AvgIpc) is 2.04. The maximum atomic E-state index is 5.43. The van der Waals surface area contributed by atoms with Gasteiger partial charge in [0.15, 0.2) is 0 Å². The summed E-state index contributed by atoms with van der Waals surface area (Å²) in [4.78, 5) is 4.09. The lowest BCUT2D eigenvalue weighted by Gasteiger charge is -2.03. The van der Waals surface area contributed by atoms with Gasteiger partial charge in [-0.1, -0.05) is 0 Å². The van der Waals surface area contributed by atoms with Gasteiger partial charge in [0.05, 0.1) is 7.11 Å². The third-order valence-electron chi connectivity index (χ3n) is 1.47. The highest BCUT2D eigenvalue weighted by Gasteiger charge is 1.99. The Labute approximate surface area is 80.1 Å². The van der Waals surface area contributed by atoms with Crippen LogP contribution in [0.2, 0.25) is 0 Å². The van der Waals surface area contributed by atoms with Crippen molar-refractivity contribution in [2.75, 3.05) is 13.7 Å². The van der Waals surface area contributed by atoms with Crippen molar-refractivity contribution in [3.05, 3.63) is 22.3 Å². The highest BCUT2D eigenvalue weighted by molar-refractivity contribution is 9.10. The molecule has 4 heteroatoms. The number of aromatic nitrogens is 1. The number of nitrogens with two attached hydrogens (primary N) is 1. The minimum absolute atomic E-state index is 0.618. The first-order valence-corrected chi connectivity index (χ1v) is 4.46. The van der Waals surface area contributed by atoms with E-state index in [9.17, 15) is 0 Å². The largest absolute Gasteiger partial charge is 0.481 e. The molecule has 1 aromatic heterocycles. The highest BCUT2D eigenvalue weighted by Crippen LogP contribution is 2.16. The van der Waals surface area contributed by atoms with E-state index in [2.05, 4.69) is 20.9 Å². The Bertz CT molecular complexity index is 265. The van der Waals surface area contributed by atoms with Crippen LogP contribution in [0.5, 0.6) is 5.88 Å². The fourth-order valence-corrected chi connectivity index (χ4v) is 1.41. The second-order valence-electron chi connectivity index (χ2n) is 2.38. The van der Waals surface area contributed by atoms with E-state index in [-0.39, 0.29) is 0 Å². The molecule has 1 rings (SSSR count). The van der Waals surface area contributed by atoms with Crippen LogP contribution in [0.1, 0.15) is 5.56 Å². The molecule has 1 heterocycles. The van der Waals surface area contributed by atoms with Gasteiger partial charge in [-0.15, -0.1) is 0 Å². The molecule has 66 valence electrons. The summed E-state index contributed by atoms with van der Waals surface area (Å²) in [6.45, 7) is 0.638. The zero-order chi connectivity index (χ0) is 8.97. The van der Waals surface area contributed by atoms with Gasteiger partial charge >= 0.3 is 0 Å². The van der Waals surface area contributed by atoms with Crippen LogP contribution in [0, 0.1) is 0 Å². The number of halogens is 1. The lowest BCUT2D eigenvalue weighted by Crippen LogP contribution is -2.03. The molecule has 0 unspecified atom stereocenters. The molecule has 0 spiro atoms. The maximum absolute atomic E-state index is 5.43. The van der Waals surface area contributed by atoms with E-state index in [4.69, 9.17) is 10.5 Å². The summed E-state index contributed by atoms with van der Waals surface area (Å²) >= 11 is 3.29. The summed E-state index contributed by atoms with van der Waals surface area (Å²) in [5.41, 5.74) is 6.56. The summed E-state index contributed by atoms with van der Waals surface area (Å²) in [7, 11) is 1.60. The highest BCUT2D eigenvalue weighted by atomic mass is 79.9. The van der Waals surface area contributed by atoms with Gasteiger partial charge in [0.1, 0.15) is 4.60 Å². The van der Waals surface area contributed by atoms with Gasteiger partial charge < -0.3 is 10.5 Å². The lowest BCUT2D eigenvalue weighted by atomic mass is 10.2. The molecular weight excluding hydrogens is 220 g/mol. The number of nitrogens with zero attached hydrogens (tertiary/aromatic N) is 1. The fourth-order valence-electron chi connectivity index (χ4n) is 0.939. The van der Waals surface area contributed by atoms with Crippen molar-refractivity contribution in [1.82, 2.24) is 4.98 Å². The Morgan fingerprint density at radius 3 is 2.92 bits per heavy atom. The number of pyridine rings is 1. The Hall–Kier alpha value is -0.610. The van der Waals surface area contributed by atoms with Gasteiger partial charge in [0, 0.05) is 6.07 Å². The average molecular weight is 231 g/mol. The lowest BCUT2D eigenvalue weighted by molar-refractivity contribution is 0.396. The first kappa shape index (κ1) is 9.48. The number of ether oxygens (including phenoxy) is 1. The quantitative estimate of drug-likeness (QED) is 0.799. The number of hydrogen-bond acceptors (Lipinski definition) is 3. The van der Waals surface area contributed by atoms with E-state index < -0.39 is 0 Å². The van der Waals surface area contributed by atoms with Gasteiger partial charge in [-0.2, -0.15) is 0 Å². The minimum Gasteiger partial charge on any atom is -0.481 e. The van der Waals surface area contributed by atoms with Crippen LogP contribution in [0.4, 0.5) is 0 Å². The second kappa shape index (κ2) is 4.42. The van der Waals surface area contributed by atoms with E-state index in [0.717, 1.165) is 16.6 Å². The molecule has 0 aliphatic carbocycles. The minimum atomic E-state index is 0.618. The Kier molecular flexibility index (Phi) is 3.49. The van der Waals surface area contributed by atoms with Gasteiger partial charge in [-0.05, 0) is 40.5 Å². The molecule has 12 heavy (non-hydrogen) atoms. The van der Waals surface area contributed by atoms with Crippen molar-refractivity contribution in [2.24, 2.45) is 5.73 Å². The molecular formula is C8H11BrN2O. The molecule has 0 fully saturated rings. The molecule has 0 radical (unpaired) electrons. The predicted octanol–water partition coefficient (Wildman–Crippen LogP) is 1.35. The number of methoxy groups -OCH3 is 1. The van der Waals surface area contributed by atoms with Gasteiger partial charge in [0.25, 0.3) is 0 Å². The molecule has 0 aliphatic rings. The summed E-state index contributed by atoms with van der Waals surface area (Å²) in [6, 6.07) is 3.83. The van der Waals surface area contributed by atoms with Crippen LogP contribution in [-0.4, -0.2) is 18.6 Å². The molecule has 0 aromatic carbocycles. The third kappa shape index (κ3) is 2.46. The van der Waals surface area contributed by atoms with Crippen LogP contribution in [0.15, 0.2) is 16.7 Å². The van der Waals surface area contributed by atoms with Crippen LogP contribution in [-0.2, 0) is 6.42 Å². The first-order valence-electron chi connectivity index (χ1n) is 3.67. The van der Waals surface area contributed by atoms with Crippen molar-refractivity contribution in [3.63, 3.8) is 0 Å². The van der Waals surface area contributed by atoms with Crippen molar-refractivity contribution in [2.45, 2.75) is 6.42 Å². The Morgan fingerprint density at radius 1 is 1.58 bits per heavy atom. The molecule has 2 N–H and O–H groups in total. The van der Waals surface area contributed by atoms with Crippen LogP contribution >= 0.6 is 15.9 Å². The number of rotatable bonds is 3. The van der Waals surface area contributed by atoms with Crippen molar-refractivity contribution in [3.8, 4) is 5.88 Å². The maximum Gasteiger partial charge on any atom is 0.214 e. The molecule has 0 amide bonds. The molecule has 3 nitrogen and oxygen atoms in total. The van der Waals surface area contributed by atoms with Gasteiger partial charge in [-0.25, -0.2) is 4.98 Å². The molecule has 0 atom stereocenters. The van der Waals surface area contributed by atoms with E-state index in [1.54, 1.807) is 7.11 Å². The summed E-state index contributed by atoms with van der Waals surface area (Å²) < 4.78 is 5.78. The van der Waals surface area contributed by atoms with Crippen LogP contribution in [0.3, 0.4) is 0 Å². The van der Waals surface area contributed by atoms with E-state index in [0.29, 0.717) is 12.4 Å². The van der Waals surface area contributed by atoms with Crippen molar-refractivity contribution >= 4 is 15.9 Å². The summed E-state index contributed by atoms with van der Waals surface area (Å²) in [5, 5.41) is 0. The monoisotopic (exact) mass is 230 g/mol. The van der Waals surface area contributed by atoms with Crippen molar-refractivity contribution in [1.29, 1.82) is 0 Å². The summed E-state index contributed by atoms with van der Waals surface area (Å²) in [5.74, 6) is 0.618. The van der Waals surface area contributed by atoms with Crippen molar-refractivity contribution < 1.29 is 4.74 Å². The molecule has 0 aliphatic heterocycles.